The van der Waals surface area contributed by atoms with Gasteiger partial charge in [0.25, 0.3) is 0 Å². The van der Waals surface area contributed by atoms with Gasteiger partial charge in [0.2, 0.25) is 0 Å². The third-order valence-corrected chi connectivity index (χ3v) is 13.9. The van der Waals surface area contributed by atoms with E-state index in [0.29, 0.717) is 23.2 Å². The number of aryl methyl sites for hydroxylation is 1. The maximum absolute atomic E-state index is 13.8. The zero-order chi connectivity index (χ0) is 36.2. The van der Waals surface area contributed by atoms with Crippen molar-refractivity contribution in [1.29, 1.82) is 0 Å². The van der Waals surface area contributed by atoms with E-state index in [1.165, 1.54) is 5.57 Å². The Kier molecular flexibility index (Phi) is 13.5. The SMILES string of the molecule is C=C1C[C@H](CCC2OCC(C)(C)CO2)O[C@H]1CC[C@H]1C[C@@H](C)C(=C)[C@@H](C[C@@H]2O[C@H](C[C@H](C)CC)[C@H](C)[C@H]2CS(=O)(=O)c2ccc(CC)cc2)O1. The molecule has 4 aliphatic heterocycles. The van der Waals surface area contributed by atoms with Gasteiger partial charge in [-0.05, 0) is 91.5 Å². The van der Waals surface area contributed by atoms with E-state index >= 15 is 0 Å². The van der Waals surface area contributed by atoms with Crippen molar-refractivity contribution in [1.82, 2.24) is 0 Å². The zero-order valence-corrected chi connectivity index (χ0v) is 32.8. The highest BCUT2D eigenvalue weighted by atomic mass is 32.2. The quantitative estimate of drug-likeness (QED) is 0.168. The van der Waals surface area contributed by atoms with Crippen LogP contribution in [0, 0.1) is 29.1 Å². The number of benzene rings is 1. The summed E-state index contributed by atoms with van der Waals surface area (Å²) in [6, 6.07) is 7.40. The zero-order valence-electron chi connectivity index (χ0n) is 32.0. The van der Waals surface area contributed by atoms with Crippen molar-refractivity contribution in [3.63, 3.8) is 0 Å². The largest absolute Gasteiger partial charge is 0.374 e. The van der Waals surface area contributed by atoms with E-state index < -0.39 is 9.84 Å². The van der Waals surface area contributed by atoms with E-state index in [1.54, 1.807) is 12.1 Å². The molecule has 0 unspecified atom stereocenters. The smallest absolute Gasteiger partial charge is 0.178 e. The highest BCUT2D eigenvalue weighted by Crippen LogP contribution is 2.43. The highest BCUT2D eigenvalue weighted by molar-refractivity contribution is 7.91. The second-order valence-corrected chi connectivity index (χ2v) is 19.0. The molecule has 4 saturated heterocycles. The van der Waals surface area contributed by atoms with Gasteiger partial charge in [-0.25, -0.2) is 8.42 Å². The first-order valence-electron chi connectivity index (χ1n) is 19.6. The summed E-state index contributed by atoms with van der Waals surface area (Å²) in [4.78, 5) is 0.399. The van der Waals surface area contributed by atoms with Crippen molar-refractivity contribution in [3.05, 3.63) is 54.1 Å². The van der Waals surface area contributed by atoms with E-state index in [0.717, 1.165) is 82.1 Å². The lowest BCUT2D eigenvalue weighted by Gasteiger charge is -2.38. The maximum atomic E-state index is 13.8. The molecule has 0 aromatic heterocycles. The van der Waals surface area contributed by atoms with E-state index in [9.17, 15) is 8.42 Å². The molecule has 4 aliphatic rings. The Morgan fingerprint density at radius 2 is 1.54 bits per heavy atom. The third-order valence-electron chi connectivity index (χ3n) is 12.1. The predicted molar refractivity (Wildman–Crippen MR) is 200 cm³/mol. The van der Waals surface area contributed by atoms with Gasteiger partial charge in [-0.2, -0.15) is 0 Å². The lowest BCUT2D eigenvalue weighted by atomic mass is 9.81. The number of sulfone groups is 1. The minimum absolute atomic E-state index is 0.0317. The maximum Gasteiger partial charge on any atom is 0.178 e. The first kappa shape index (κ1) is 39.7. The molecule has 7 nitrogen and oxygen atoms in total. The van der Waals surface area contributed by atoms with Gasteiger partial charge in [-0.3, -0.25) is 0 Å². The summed E-state index contributed by atoms with van der Waals surface area (Å²) in [5.41, 5.74) is 3.47. The van der Waals surface area contributed by atoms with Crippen LogP contribution in [0.5, 0.6) is 0 Å². The molecule has 0 N–H and O–H groups in total. The molecular weight excluding hydrogens is 649 g/mol. The molecule has 1 aromatic carbocycles. The Morgan fingerprint density at radius 1 is 0.880 bits per heavy atom. The third kappa shape index (κ3) is 10.1. The molecule has 8 heteroatoms. The average molecular weight is 715 g/mol. The molecule has 1 aromatic rings. The topological polar surface area (TPSA) is 80.3 Å². The average Bonchev–Trinajstić information content (AvgIpc) is 3.58. The van der Waals surface area contributed by atoms with Gasteiger partial charge in [0.15, 0.2) is 16.1 Å². The summed E-state index contributed by atoms with van der Waals surface area (Å²) in [5.74, 6) is 0.923. The van der Waals surface area contributed by atoms with E-state index in [1.807, 2.05) is 12.1 Å². The van der Waals surface area contributed by atoms with Crippen molar-refractivity contribution in [3.8, 4) is 0 Å². The first-order valence-corrected chi connectivity index (χ1v) is 21.2. The van der Waals surface area contributed by atoms with E-state index in [2.05, 4.69) is 61.6 Å². The van der Waals surface area contributed by atoms with Gasteiger partial charge in [-0.1, -0.05) is 80.2 Å². The summed E-state index contributed by atoms with van der Waals surface area (Å²) in [6.07, 6.45) is 8.61. The van der Waals surface area contributed by atoms with Crippen LogP contribution in [0.4, 0.5) is 0 Å². The second-order valence-electron chi connectivity index (χ2n) is 16.9. The number of hydrogen-bond acceptors (Lipinski definition) is 7. The van der Waals surface area contributed by atoms with Crippen LogP contribution in [-0.2, 0) is 39.9 Å². The summed E-state index contributed by atoms with van der Waals surface area (Å²) in [5, 5.41) is 0. The normalized spacial score (nSPS) is 34.3. The molecule has 5 rings (SSSR count). The molecular formula is C42H66O7S. The van der Waals surface area contributed by atoms with Crippen LogP contribution < -0.4 is 0 Å². The Hall–Kier alpha value is -1.55. The highest BCUT2D eigenvalue weighted by Gasteiger charge is 2.46. The van der Waals surface area contributed by atoms with Crippen molar-refractivity contribution in [2.24, 2.45) is 29.1 Å². The Balaban J connectivity index is 1.19. The summed E-state index contributed by atoms with van der Waals surface area (Å²) < 4.78 is 59.6. The fourth-order valence-electron chi connectivity index (χ4n) is 8.31. The van der Waals surface area contributed by atoms with E-state index in [-0.39, 0.29) is 65.9 Å². The molecule has 10 atom stereocenters. The molecule has 0 spiro atoms. The van der Waals surface area contributed by atoms with Crippen LogP contribution in [-0.4, -0.2) is 70.3 Å². The van der Waals surface area contributed by atoms with Crippen LogP contribution in [0.3, 0.4) is 0 Å². The predicted octanol–water partition coefficient (Wildman–Crippen LogP) is 8.89. The molecule has 282 valence electrons. The van der Waals surface area contributed by atoms with E-state index in [4.69, 9.17) is 23.7 Å². The lowest BCUT2D eigenvalue weighted by Crippen LogP contribution is -2.38. The van der Waals surface area contributed by atoms with Gasteiger partial charge in [0, 0.05) is 24.2 Å². The summed E-state index contributed by atoms with van der Waals surface area (Å²) >= 11 is 0. The van der Waals surface area contributed by atoms with Gasteiger partial charge >= 0.3 is 0 Å². The minimum Gasteiger partial charge on any atom is -0.374 e. The number of rotatable bonds is 15. The van der Waals surface area contributed by atoms with Crippen molar-refractivity contribution in [2.75, 3.05) is 19.0 Å². The van der Waals surface area contributed by atoms with Crippen molar-refractivity contribution in [2.45, 2.75) is 160 Å². The molecule has 4 fully saturated rings. The van der Waals surface area contributed by atoms with Crippen LogP contribution in [0.15, 0.2) is 53.5 Å². The van der Waals surface area contributed by atoms with Gasteiger partial charge in [0.1, 0.15) is 0 Å². The molecule has 50 heavy (non-hydrogen) atoms. The van der Waals surface area contributed by atoms with Crippen LogP contribution >= 0.6 is 0 Å². The molecule has 0 aliphatic carbocycles. The second kappa shape index (κ2) is 17.1. The molecule has 0 saturated carbocycles. The standard InChI is InChI=1S/C42H66O7S/c1-10-27(3)20-38-31(7)36(24-50(43,44)35-16-12-32(11-2)13-17-35)40(49-38)23-39-30(6)28(4)21-33(48-39)14-18-37-29(5)22-34(47-37)15-19-41-45-25-42(8,9)26-46-41/h12-13,16-17,27-28,31,33-34,36-41H,5-6,10-11,14-15,18-26H2,1-4,7-9H3/t27-,28-,31-,33+,34+,36-,37+,38-,39-,40+/m1/s1. The van der Waals surface area contributed by atoms with Gasteiger partial charge in [-0.15, -0.1) is 0 Å². The lowest BCUT2D eigenvalue weighted by molar-refractivity contribution is -0.225. The molecule has 0 amide bonds. The van der Waals surface area contributed by atoms with Gasteiger partial charge < -0.3 is 23.7 Å². The molecule has 0 radical (unpaired) electrons. The Morgan fingerprint density at radius 3 is 2.20 bits per heavy atom. The monoisotopic (exact) mass is 714 g/mol. The fourth-order valence-corrected chi connectivity index (χ4v) is 10.1. The number of hydrogen-bond donors (Lipinski definition) is 0. The molecule has 4 heterocycles. The molecule has 0 bridgehead atoms. The number of ether oxygens (including phenoxy) is 5. The van der Waals surface area contributed by atoms with Crippen LogP contribution in [0.2, 0.25) is 0 Å². The Labute approximate surface area is 303 Å². The van der Waals surface area contributed by atoms with Crippen molar-refractivity contribution < 1.29 is 32.1 Å². The minimum atomic E-state index is -3.49. The Bertz CT molecular complexity index is 1380. The fraction of sp³-hybridized carbons (Fsp3) is 0.762. The summed E-state index contributed by atoms with van der Waals surface area (Å²) in [7, 11) is -3.49. The van der Waals surface area contributed by atoms with Crippen molar-refractivity contribution >= 4 is 9.84 Å². The van der Waals surface area contributed by atoms with Crippen LogP contribution in [0.1, 0.15) is 112 Å². The van der Waals surface area contributed by atoms with Gasteiger partial charge in [0.05, 0.1) is 60.5 Å². The first-order chi connectivity index (χ1) is 23.7. The summed E-state index contributed by atoms with van der Waals surface area (Å²) in [6.45, 7) is 25.6. The van der Waals surface area contributed by atoms with Crippen LogP contribution in [0.25, 0.3) is 0 Å².